The summed E-state index contributed by atoms with van der Waals surface area (Å²) in [7, 11) is 1.52. The van der Waals surface area contributed by atoms with Gasteiger partial charge in [-0.05, 0) is 52.3 Å². The lowest BCUT2D eigenvalue weighted by Gasteiger charge is -2.35. The summed E-state index contributed by atoms with van der Waals surface area (Å²) in [4.78, 5) is 34.3. The van der Waals surface area contributed by atoms with Crippen LogP contribution in [-0.2, 0) is 14.9 Å². The van der Waals surface area contributed by atoms with E-state index in [2.05, 4.69) is 15.2 Å². The fraction of sp³-hybridized carbons (Fsp3) is 0.519. The van der Waals surface area contributed by atoms with Crippen LogP contribution in [0, 0.1) is 5.82 Å². The number of rotatable bonds is 7. The van der Waals surface area contributed by atoms with Crippen LogP contribution in [0.3, 0.4) is 0 Å². The van der Waals surface area contributed by atoms with Gasteiger partial charge in [-0.25, -0.2) is 14.2 Å². The molecule has 9 heteroatoms. The van der Waals surface area contributed by atoms with E-state index in [1.54, 1.807) is 35.2 Å². The molecular formula is C27H35FN4O4. The Labute approximate surface area is 211 Å². The first kappa shape index (κ1) is 25.9. The number of nitrogens with one attached hydrogen (secondary N) is 1. The number of amides is 2. The molecular weight excluding hydrogens is 463 g/mol. The van der Waals surface area contributed by atoms with E-state index in [-0.39, 0.29) is 12.0 Å². The molecule has 2 aromatic rings. The molecule has 4 rings (SSSR count). The topological polar surface area (TPSA) is 84.0 Å². The van der Waals surface area contributed by atoms with Gasteiger partial charge in [-0.2, -0.15) is 0 Å². The van der Waals surface area contributed by atoms with Crippen molar-refractivity contribution in [3.8, 4) is 5.88 Å². The minimum atomic E-state index is -1.22. The van der Waals surface area contributed by atoms with E-state index in [0.29, 0.717) is 48.8 Å². The van der Waals surface area contributed by atoms with Crippen molar-refractivity contribution in [3.05, 3.63) is 53.5 Å². The van der Waals surface area contributed by atoms with E-state index < -0.39 is 16.8 Å². The average molecular weight is 499 g/mol. The largest absolute Gasteiger partial charge is 0.481 e. The highest BCUT2D eigenvalue weighted by Gasteiger charge is 2.50. The molecule has 1 N–H and O–H groups in total. The number of carbonyl (C=O) groups is 2. The van der Waals surface area contributed by atoms with E-state index in [1.165, 1.54) is 13.2 Å². The average Bonchev–Trinajstić information content (AvgIpc) is 3.12. The molecule has 0 radical (unpaired) electrons. The van der Waals surface area contributed by atoms with Gasteiger partial charge in [0.1, 0.15) is 16.8 Å². The lowest BCUT2D eigenvalue weighted by atomic mass is 9.74. The molecule has 1 atom stereocenters. The van der Waals surface area contributed by atoms with E-state index in [1.807, 2.05) is 20.8 Å². The van der Waals surface area contributed by atoms with Gasteiger partial charge in [-0.15, -0.1) is 0 Å². The van der Waals surface area contributed by atoms with Crippen molar-refractivity contribution >= 4 is 17.7 Å². The van der Waals surface area contributed by atoms with Gasteiger partial charge in [0.05, 0.1) is 18.5 Å². The standard InChI is InChI=1S/C27H35FN4O4/c1-26(2,3)36-25(34)32-17-15-31(16-18-32)14-8-7-13-27(19-9-5-6-10-20(19)28)23-21(29-24(27)33)11-12-22(30-23)35-4/h5-6,9-12H,7-8,13-18H2,1-4H3,(H,29,33). The maximum absolute atomic E-state index is 15.1. The number of carbonyl (C=O) groups excluding carboxylic acids is 2. The Morgan fingerprint density at radius 2 is 1.83 bits per heavy atom. The minimum Gasteiger partial charge on any atom is -0.481 e. The van der Waals surface area contributed by atoms with Crippen LogP contribution in [0.1, 0.15) is 51.3 Å². The van der Waals surface area contributed by atoms with Gasteiger partial charge in [0.15, 0.2) is 0 Å². The zero-order valence-corrected chi connectivity index (χ0v) is 21.5. The van der Waals surface area contributed by atoms with Crippen LogP contribution in [0.2, 0.25) is 0 Å². The third-order valence-electron chi connectivity index (χ3n) is 6.75. The van der Waals surface area contributed by atoms with Crippen molar-refractivity contribution < 1.29 is 23.5 Å². The van der Waals surface area contributed by atoms with Crippen LogP contribution in [0.4, 0.5) is 14.9 Å². The van der Waals surface area contributed by atoms with Crippen molar-refractivity contribution in [1.29, 1.82) is 0 Å². The summed E-state index contributed by atoms with van der Waals surface area (Å²) < 4.78 is 25.8. The monoisotopic (exact) mass is 498 g/mol. The van der Waals surface area contributed by atoms with Gasteiger partial charge in [0, 0.05) is 37.8 Å². The molecule has 3 heterocycles. The second-order valence-electron chi connectivity index (χ2n) is 10.4. The normalized spacial score (nSPS) is 20.1. The maximum atomic E-state index is 15.1. The highest BCUT2D eigenvalue weighted by Crippen LogP contribution is 2.46. The van der Waals surface area contributed by atoms with Gasteiger partial charge >= 0.3 is 6.09 Å². The fourth-order valence-electron chi connectivity index (χ4n) is 4.95. The van der Waals surface area contributed by atoms with E-state index in [0.717, 1.165) is 26.1 Å². The molecule has 1 saturated heterocycles. The number of unbranched alkanes of at least 4 members (excludes halogenated alkanes) is 1. The Bertz CT molecular complexity index is 1110. The van der Waals surface area contributed by atoms with E-state index >= 15 is 4.39 Å². The number of nitrogens with zero attached hydrogens (tertiary/aromatic N) is 3. The van der Waals surface area contributed by atoms with Crippen molar-refractivity contribution in [2.75, 3.05) is 45.2 Å². The number of methoxy groups -OCH3 is 1. The fourth-order valence-corrected chi connectivity index (χ4v) is 4.95. The Hall–Kier alpha value is -3.20. The van der Waals surface area contributed by atoms with E-state index in [4.69, 9.17) is 9.47 Å². The zero-order valence-electron chi connectivity index (χ0n) is 21.5. The zero-order chi connectivity index (χ0) is 25.9. The van der Waals surface area contributed by atoms with E-state index in [9.17, 15) is 9.59 Å². The molecule has 194 valence electrons. The van der Waals surface area contributed by atoms with Crippen molar-refractivity contribution in [3.63, 3.8) is 0 Å². The van der Waals surface area contributed by atoms with Crippen LogP contribution in [-0.4, -0.2) is 72.2 Å². The quantitative estimate of drug-likeness (QED) is 0.577. The van der Waals surface area contributed by atoms with Crippen LogP contribution in [0.15, 0.2) is 36.4 Å². The predicted octanol–water partition coefficient (Wildman–Crippen LogP) is 4.19. The van der Waals surface area contributed by atoms with Crippen LogP contribution in [0.5, 0.6) is 5.88 Å². The summed E-state index contributed by atoms with van der Waals surface area (Å²) in [6, 6.07) is 9.86. The Morgan fingerprint density at radius 1 is 1.11 bits per heavy atom. The molecule has 1 fully saturated rings. The second kappa shape index (κ2) is 10.4. The number of aromatic nitrogens is 1. The van der Waals surface area contributed by atoms with Crippen LogP contribution < -0.4 is 10.1 Å². The number of fused-ring (bicyclic) bond motifs is 1. The number of pyridine rings is 1. The molecule has 0 bridgehead atoms. The highest BCUT2D eigenvalue weighted by atomic mass is 19.1. The summed E-state index contributed by atoms with van der Waals surface area (Å²) in [6.07, 6.45) is 1.68. The van der Waals surface area contributed by atoms with Crippen LogP contribution >= 0.6 is 0 Å². The smallest absolute Gasteiger partial charge is 0.410 e. The van der Waals surface area contributed by atoms with Crippen molar-refractivity contribution in [1.82, 2.24) is 14.8 Å². The first-order chi connectivity index (χ1) is 17.1. The first-order valence-corrected chi connectivity index (χ1v) is 12.5. The number of benzene rings is 1. The summed E-state index contributed by atoms with van der Waals surface area (Å²) in [5, 5.41) is 2.90. The van der Waals surface area contributed by atoms with Crippen molar-refractivity contribution in [2.24, 2.45) is 0 Å². The molecule has 0 saturated carbocycles. The number of anilines is 1. The lowest BCUT2D eigenvalue weighted by molar-refractivity contribution is -0.120. The number of halogens is 1. The molecule has 8 nitrogen and oxygen atoms in total. The third-order valence-corrected chi connectivity index (χ3v) is 6.75. The molecule has 36 heavy (non-hydrogen) atoms. The van der Waals surface area contributed by atoms with Gasteiger partial charge in [0.25, 0.3) is 0 Å². The molecule has 2 amide bonds. The minimum absolute atomic E-state index is 0.269. The van der Waals surface area contributed by atoms with Gasteiger partial charge < -0.3 is 19.7 Å². The summed E-state index contributed by atoms with van der Waals surface area (Å²) in [5.74, 6) is -0.313. The molecule has 1 aromatic heterocycles. The molecule has 2 aliphatic rings. The SMILES string of the molecule is COc1ccc2c(n1)C(CCCCN1CCN(C(=O)OC(C)(C)C)CC1)(c1ccccc1F)C(=O)N2. The number of hydrogen-bond donors (Lipinski definition) is 1. The molecule has 0 spiro atoms. The van der Waals surface area contributed by atoms with Gasteiger partial charge in [0.2, 0.25) is 11.8 Å². The molecule has 1 unspecified atom stereocenters. The van der Waals surface area contributed by atoms with Crippen LogP contribution in [0.25, 0.3) is 0 Å². The third kappa shape index (κ3) is 5.31. The number of piperazine rings is 1. The van der Waals surface area contributed by atoms with Crippen molar-refractivity contribution in [2.45, 2.75) is 51.0 Å². The highest BCUT2D eigenvalue weighted by molar-refractivity contribution is 6.08. The Morgan fingerprint density at radius 3 is 2.50 bits per heavy atom. The molecule has 0 aliphatic carbocycles. The van der Waals surface area contributed by atoms with Gasteiger partial charge in [-0.3, -0.25) is 9.69 Å². The van der Waals surface area contributed by atoms with Gasteiger partial charge in [-0.1, -0.05) is 24.6 Å². The summed E-state index contributed by atoms with van der Waals surface area (Å²) in [6.45, 7) is 9.19. The Kier molecular flexibility index (Phi) is 7.49. The summed E-state index contributed by atoms with van der Waals surface area (Å²) >= 11 is 0. The summed E-state index contributed by atoms with van der Waals surface area (Å²) in [5.41, 5.74) is -0.310. The number of hydrogen-bond acceptors (Lipinski definition) is 6. The Balaban J connectivity index is 1.42. The molecule has 1 aromatic carbocycles. The molecule has 2 aliphatic heterocycles. The predicted molar refractivity (Wildman–Crippen MR) is 135 cm³/mol. The lowest BCUT2D eigenvalue weighted by Crippen LogP contribution is -2.50. The first-order valence-electron chi connectivity index (χ1n) is 12.5. The maximum Gasteiger partial charge on any atom is 0.410 e. The second-order valence-corrected chi connectivity index (χ2v) is 10.4. The number of ether oxygens (including phenoxy) is 2.